The van der Waals surface area contributed by atoms with E-state index in [9.17, 15) is 32.7 Å². The molecule has 2 amide bonds. The molecular formula is C42H47N3O9S2. The molecule has 14 heteroatoms. The van der Waals surface area contributed by atoms with Crippen molar-refractivity contribution in [2.24, 2.45) is 5.92 Å². The number of aromatic carboxylic acids is 1. The molecule has 0 radical (unpaired) electrons. The van der Waals surface area contributed by atoms with E-state index in [2.05, 4.69) is 10.6 Å². The molecule has 12 nitrogen and oxygen atoms in total. The van der Waals surface area contributed by atoms with Crippen LogP contribution in [0.15, 0.2) is 77.7 Å². The van der Waals surface area contributed by atoms with E-state index >= 15 is 0 Å². The quantitative estimate of drug-likeness (QED) is 0.0906. The van der Waals surface area contributed by atoms with Crippen LogP contribution in [0.3, 0.4) is 0 Å². The number of fused-ring (bicyclic) bond motifs is 1. The van der Waals surface area contributed by atoms with E-state index in [0.29, 0.717) is 48.4 Å². The standard InChI is InChI=1S/C42H47N3O9S2/c1-54-25-24-45(33-22-18-30(19-23-33)42(50)51)56(52,53)34-9-5-8-31(26-34)38(46)44-40-37(35-10-2-3-11-36(35)55-40)39(47)43-32-20-14-28(15-21-32)7-4-6-27-12-16-29(17-13-27)41(48)49/h5,8-9,12-17,20-21,26,30,33H,2-4,6-7,10-11,18-19,22-25H2,1H3,(H,43,47)(H,44,46)(H,48,49)(H,50,51)/t30-,33-. The number of hydrogen-bond acceptors (Lipinski definition) is 8. The van der Waals surface area contributed by atoms with Crippen LogP contribution in [-0.4, -0.2) is 73.0 Å². The van der Waals surface area contributed by atoms with Gasteiger partial charge in [-0.25, -0.2) is 13.2 Å². The van der Waals surface area contributed by atoms with Crippen LogP contribution in [0.4, 0.5) is 10.7 Å². The second kappa shape index (κ2) is 18.4. The Morgan fingerprint density at radius 1 is 0.821 bits per heavy atom. The van der Waals surface area contributed by atoms with Gasteiger partial charge in [-0.2, -0.15) is 4.31 Å². The van der Waals surface area contributed by atoms with Gasteiger partial charge in [0, 0.05) is 35.8 Å². The monoisotopic (exact) mass is 801 g/mol. The number of hydrogen-bond donors (Lipinski definition) is 4. The number of carbonyl (C=O) groups excluding carboxylic acids is 2. The van der Waals surface area contributed by atoms with Gasteiger partial charge in [0.05, 0.1) is 28.5 Å². The molecule has 2 aliphatic carbocycles. The van der Waals surface area contributed by atoms with Crippen LogP contribution >= 0.6 is 11.3 Å². The van der Waals surface area contributed by atoms with E-state index < -0.39 is 39.8 Å². The molecule has 296 valence electrons. The second-order valence-electron chi connectivity index (χ2n) is 14.4. The van der Waals surface area contributed by atoms with E-state index in [1.165, 1.54) is 47.0 Å². The highest BCUT2D eigenvalue weighted by Crippen LogP contribution is 2.39. The highest BCUT2D eigenvalue weighted by Gasteiger charge is 2.36. The minimum atomic E-state index is -4.08. The van der Waals surface area contributed by atoms with E-state index in [-0.39, 0.29) is 35.1 Å². The van der Waals surface area contributed by atoms with Crippen molar-refractivity contribution in [3.05, 3.63) is 111 Å². The van der Waals surface area contributed by atoms with Crippen molar-refractivity contribution in [2.45, 2.75) is 81.6 Å². The number of aliphatic carboxylic acids is 1. The molecule has 4 N–H and O–H groups in total. The van der Waals surface area contributed by atoms with E-state index in [4.69, 9.17) is 9.84 Å². The Balaban J connectivity index is 1.14. The summed E-state index contributed by atoms with van der Waals surface area (Å²) in [4.78, 5) is 51.3. The molecule has 0 bridgehead atoms. The average molecular weight is 802 g/mol. The fraction of sp³-hybridized carbons (Fsp3) is 0.381. The molecule has 0 spiro atoms. The van der Waals surface area contributed by atoms with Gasteiger partial charge in [-0.3, -0.25) is 14.4 Å². The minimum absolute atomic E-state index is 0.0529. The summed E-state index contributed by atoms with van der Waals surface area (Å²) in [6.07, 6.45) is 7.48. The third-order valence-electron chi connectivity index (χ3n) is 10.6. The second-order valence-corrected chi connectivity index (χ2v) is 17.4. The number of carbonyl (C=O) groups is 4. The Morgan fingerprint density at radius 3 is 2.12 bits per heavy atom. The van der Waals surface area contributed by atoms with Crippen molar-refractivity contribution in [1.29, 1.82) is 0 Å². The lowest BCUT2D eigenvalue weighted by Gasteiger charge is -2.35. The molecule has 1 aromatic heterocycles. The minimum Gasteiger partial charge on any atom is -0.481 e. The van der Waals surface area contributed by atoms with Crippen LogP contribution in [0.1, 0.15) is 97.6 Å². The highest BCUT2D eigenvalue weighted by atomic mass is 32.2. The van der Waals surface area contributed by atoms with Crippen LogP contribution in [0.25, 0.3) is 0 Å². The summed E-state index contributed by atoms with van der Waals surface area (Å²) in [5.41, 5.74) is 4.51. The summed E-state index contributed by atoms with van der Waals surface area (Å²) in [6.45, 7) is 0.247. The third kappa shape index (κ3) is 9.73. The Hall–Kier alpha value is -4.89. The summed E-state index contributed by atoms with van der Waals surface area (Å²) >= 11 is 1.38. The average Bonchev–Trinajstić information content (AvgIpc) is 3.57. The maximum absolute atomic E-state index is 14.1. The fourth-order valence-electron chi connectivity index (χ4n) is 7.55. The molecule has 4 aromatic rings. The first kappa shape index (κ1) is 40.8. The molecule has 3 aromatic carbocycles. The number of anilines is 2. The van der Waals surface area contributed by atoms with Gasteiger partial charge in [0.15, 0.2) is 0 Å². The zero-order valence-corrected chi connectivity index (χ0v) is 32.9. The number of nitrogens with one attached hydrogen (secondary N) is 2. The van der Waals surface area contributed by atoms with E-state index in [1.54, 1.807) is 12.1 Å². The summed E-state index contributed by atoms with van der Waals surface area (Å²) in [5.74, 6) is -3.19. The SMILES string of the molecule is COCCN([C@H]1CC[C@H](C(=O)O)CC1)S(=O)(=O)c1cccc(C(=O)Nc2sc3c(c2C(=O)Nc2ccc(CCCc4ccc(C(=O)O)cc4)cc2)CCCC3)c1. The van der Waals surface area contributed by atoms with Crippen LogP contribution in [0, 0.1) is 5.92 Å². The lowest BCUT2D eigenvalue weighted by molar-refractivity contribution is -0.143. The molecule has 6 rings (SSSR count). The third-order valence-corrected chi connectivity index (χ3v) is 13.8. The van der Waals surface area contributed by atoms with Crippen LogP contribution in [0.5, 0.6) is 0 Å². The van der Waals surface area contributed by atoms with Crippen LogP contribution in [0.2, 0.25) is 0 Å². The number of thiophene rings is 1. The molecule has 56 heavy (non-hydrogen) atoms. The van der Waals surface area contributed by atoms with Crippen molar-refractivity contribution in [3.63, 3.8) is 0 Å². The van der Waals surface area contributed by atoms with Crippen molar-refractivity contribution >= 4 is 55.8 Å². The van der Waals surface area contributed by atoms with Gasteiger partial charge in [0.1, 0.15) is 5.00 Å². The van der Waals surface area contributed by atoms with Crippen LogP contribution < -0.4 is 10.6 Å². The Bertz CT molecular complexity index is 2160. The van der Waals surface area contributed by atoms with E-state index in [0.717, 1.165) is 60.1 Å². The zero-order chi connectivity index (χ0) is 39.8. The lowest BCUT2D eigenvalue weighted by Crippen LogP contribution is -2.44. The number of methoxy groups -OCH3 is 1. The van der Waals surface area contributed by atoms with Gasteiger partial charge in [-0.15, -0.1) is 11.3 Å². The number of nitrogens with zero attached hydrogens (tertiary/aromatic N) is 1. The van der Waals surface area contributed by atoms with E-state index in [1.807, 2.05) is 36.4 Å². The number of carboxylic acid groups (broad SMARTS) is 2. The van der Waals surface area contributed by atoms with Gasteiger partial charge in [-0.05, 0) is 130 Å². The van der Waals surface area contributed by atoms with Gasteiger partial charge >= 0.3 is 11.9 Å². The molecule has 1 saturated carbocycles. The number of ether oxygens (including phenoxy) is 1. The number of sulfonamides is 1. The molecule has 1 heterocycles. The number of amides is 2. The van der Waals surface area contributed by atoms with Crippen LogP contribution in [-0.2, 0) is 45.2 Å². The number of benzene rings is 3. The Kier molecular flexibility index (Phi) is 13.4. The summed E-state index contributed by atoms with van der Waals surface area (Å²) in [7, 11) is -2.59. The number of rotatable bonds is 16. The smallest absolute Gasteiger partial charge is 0.335 e. The van der Waals surface area contributed by atoms with Crippen molar-refractivity contribution in [2.75, 3.05) is 30.9 Å². The maximum Gasteiger partial charge on any atom is 0.335 e. The summed E-state index contributed by atoms with van der Waals surface area (Å²) in [6, 6.07) is 20.0. The van der Waals surface area contributed by atoms with Gasteiger partial charge in [0.2, 0.25) is 10.0 Å². The topological polar surface area (TPSA) is 179 Å². The first-order valence-corrected chi connectivity index (χ1v) is 21.2. The molecule has 0 unspecified atom stereocenters. The lowest BCUT2D eigenvalue weighted by atomic mass is 9.86. The van der Waals surface area contributed by atoms with Crippen molar-refractivity contribution in [1.82, 2.24) is 4.31 Å². The summed E-state index contributed by atoms with van der Waals surface area (Å²) in [5, 5.41) is 24.9. The number of carboxylic acids is 2. The fourth-order valence-corrected chi connectivity index (χ4v) is 10.5. The highest BCUT2D eigenvalue weighted by molar-refractivity contribution is 7.89. The molecule has 0 saturated heterocycles. The molecule has 0 aliphatic heterocycles. The first-order chi connectivity index (χ1) is 26.9. The van der Waals surface area contributed by atoms with Crippen molar-refractivity contribution < 1.29 is 42.5 Å². The Morgan fingerprint density at radius 2 is 1.48 bits per heavy atom. The molecule has 0 atom stereocenters. The maximum atomic E-state index is 14.1. The largest absolute Gasteiger partial charge is 0.481 e. The molecule has 2 aliphatic rings. The van der Waals surface area contributed by atoms with Crippen molar-refractivity contribution in [3.8, 4) is 0 Å². The molecular weight excluding hydrogens is 755 g/mol. The van der Waals surface area contributed by atoms with Gasteiger partial charge < -0.3 is 25.6 Å². The normalized spacial score (nSPS) is 16.9. The first-order valence-electron chi connectivity index (χ1n) is 19.0. The summed E-state index contributed by atoms with van der Waals surface area (Å²) < 4.78 is 34.7. The predicted octanol–water partition coefficient (Wildman–Crippen LogP) is 7.29. The predicted molar refractivity (Wildman–Crippen MR) is 214 cm³/mol. The molecule has 1 fully saturated rings. The zero-order valence-electron chi connectivity index (χ0n) is 31.3. The van der Waals surface area contributed by atoms with Gasteiger partial charge in [0.25, 0.3) is 11.8 Å². The van der Waals surface area contributed by atoms with Gasteiger partial charge in [-0.1, -0.05) is 30.3 Å². The number of aryl methyl sites for hydroxylation is 3. The Labute approximate surface area is 330 Å².